The quantitative estimate of drug-likeness (QED) is 0.862. The zero-order valence-electron chi connectivity index (χ0n) is 9.79. The summed E-state index contributed by atoms with van der Waals surface area (Å²) in [6, 6.07) is 4.51. The molecule has 100 valence electrons. The summed E-state index contributed by atoms with van der Waals surface area (Å²) < 4.78 is 13.7. The van der Waals surface area contributed by atoms with Crippen LogP contribution < -0.4 is 5.32 Å². The van der Waals surface area contributed by atoms with Crippen molar-refractivity contribution < 1.29 is 9.18 Å². The highest BCUT2D eigenvalue weighted by Gasteiger charge is 2.21. The van der Waals surface area contributed by atoms with Gasteiger partial charge in [0, 0.05) is 19.6 Å². The molecule has 1 saturated heterocycles. The van der Waals surface area contributed by atoms with Crippen LogP contribution in [0.2, 0.25) is 5.02 Å². The molecule has 1 fully saturated rings. The van der Waals surface area contributed by atoms with E-state index in [0.717, 1.165) is 19.5 Å². The number of carbonyl (C=O) groups is 1. The first-order valence-corrected chi connectivity index (χ1v) is 6.02. The van der Waals surface area contributed by atoms with Crippen molar-refractivity contribution in [3.05, 3.63) is 34.6 Å². The van der Waals surface area contributed by atoms with Crippen LogP contribution in [0.25, 0.3) is 0 Å². The number of nitrogens with one attached hydrogen (secondary N) is 1. The van der Waals surface area contributed by atoms with E-state index in [2.05, 4.69) is 5.32 Å². The molecule has 0 radical (unpaired) electrons. The molecule has 1 heterocycles. The lowest BCUT2D eigenvalue weighted by molar-refractivity contribution is 0.0761. The Morgan fingerprint density at radius 2 is 2.11 bits per heavy atom. The first-order chi connectivity index (χ1) is 8.20. The monoisotopic (exact) mass is 292 g/mol. The Hall–Kier alpha value is -0.840. The highest BCUT2D eigenvalue weighted by molar-refractivity contribution is 6.31. The van der Waals surface area contributed by atoms with Crippen LogP contribution in [0, 0.1) is 5.82 Å². The van der Waals surface area contributed by atoms with Crippen molar-refractivity contribution in [2.24, 2.45) is 0 Å². The highest BCUT2D eigenvalue weighted by Crippen LogP contribution is 2.19. The fourth-order valence-corrected chi connectivity index (χ4v) is 2.06. The minimum absolute atomic E-state index is 0. The summed E-state index contributed by atoms with van der Waals surface area (Å²) in [5, 5.41) is 3.19. The van der Waals surface area contributed by atoms with E-state index in [9.17, 15) is 9.18 Å². The summed E-state index contributed by atoms with van der Waals surface area (Å²) in [7, 11) is 0. The zero-order valence-corrected chi connectivity index (χ0v) is 11.4. The first-order valence-electron chi connectivity index (χ1n) is 5.64. The van der Waals surface area contributed by atoms with Gasteiger partial charge in [0.05, 0.1) is 10.6 Å². The van der Waals surface area contributed by atoms with Gasteiger partial charge < -0.3 is 10.2 Å². The molecule has 0 atom stereocenters. The van der Waals surface area contributed by atoms with Gasteiger partial charge in [-0.15, -0.1) is 12.4 Å². The van der Waals surface area contributed by atoms with Crippen LogP contribution in [-0.4, -0.2) is 37.0 Å². The van der Waals surface area contributed by atoms with Crippen LogP contribution in [0.15, 0.2) is 18.2 Å². The van der Waals surface area contributed by atoms with Gasteiger partial charge in [0.1, 0.15) is 0 Å². The third kappa shape index (κ3) is 3.34. The van der Waals surface area contributed by atoms with Crippen molar-refractivity contribution >= 4 is 29.9 Å². The third-order valence-corrected chi connectivity index (χ3v) is 3.10. The first kappa shape index (κ1) is 15.2. The number of hydrogen-bond donors (Lipinski definition) is 1. The van der Waals surface area contributed by atoms with Crippen LogP contribution in [0.3, 0.4) is 0 Å². The fraction of sp³-hybridized carbons (Fsp3) is 0.417. The molecule has 1 amide bonds. The molecular formula is C12H15Cl2FN2O. The van der Waals surface area contributed by atoms with E-state index in [1.165, 1.54) is 12.1 Å². The Kier molecular flexibility index (Phi) is 5.85. The van der Waals surface area contributed by atoms with E-state index in [1.807, 2.05) is 0 Å². The maximum atomic E-state index is 13.7. The maximum Gasteiger partial charge on any atom is 0.256 e. The lowest BCUT2D eigenvalue weighted by atomic mass is 10.2. The second-order valence-electron chi connectivity index (χ2n) is 4.00. The molecule has 0 aromatic heterocycles. The summed E-state index contributed by atoms with van der Waals surface area (Å²) in [5.74, 6) is -0.912. The van der Waals surface area contributed by atoms with Gasteiger partial charge in [0.2, 0.25) is 0 Å². The molecule has 0 spiro atoms. The van der Waals surface area contributed by atoms with Crippen molar-refractivity contribution in [3.8, 4) is 0 Å². The van der Waals surface area contributed by atoms with Crippen LogP contribution >= 0.6 is 24.0 Å². The van der Waals surface area contributed by atoms with Crippen LogP contribution in [-0.2, 0) is 0 Å². The average Bonchev–Trinajstić information content (AvgIpc) is 2.60. The van der Waals surface area contributed by atoms with Gasteiger partial charge in [0.15, 0.2) is 5.82 Å². The molecule has 1 N–H and O–H groups in total. The van der Waals surface area contributed by atoms with Gasteiger partial charge in [-0.3, -0.25) is 4.79 Å². The smallest absolute Gasteiger partial charge is 0.256 e. The third-order valence-electron chi connectivity index (χ3n) is 2.81. The van der Waals surface area contributed by atoms with E-state index in [4.69, 9.17) is 11.6 Å². The van der Waals surface area contributed by atoms with E-state index in [0.29, 0.717) is 13.1 Å². The van der Waals surface area contributed by atoms with Gasteiger partial charge >= 0.3 is 0 Å². The Morgan fingerprint density at radius 1 is 1.33 bits per heavy atom. The van der Waals surface area contributed by atoms with Crippen molar-refractivity contribution in [1.82, 2.24) is 10.2 Å². The molecular weight excluding hydrogens is 278 g/mol. The van der Waals surface area contributed by atoms with Gasteiger partial charge in [-0.2, -0.15) is 0 Å². The molecule has 3 nitrogen and oxygen atoms in total. The van der Waals surface area contributed by atoms with E-state index in [-0.39, 0.29) is 28.9 Å². The topological polar surface area (TPSA) is 32.3 Å². The van der Waals surface area contributed by atoms with Gasteiger partial charge in [0.25, 0.3) is 5.91 Å². The molecule has 0 bridgehead atoms. The average molecular weight is 293 g/mol. The SMILES string of the molecule is Cl.O=C(c1cccc(Cl)c1F)N1CCCNCC1. The molecule has 0 unspecified atom stereocenters. The second-order valence-corrected chi connectivity index (χ2v) is 4.40. The summed E-state index contributed by atoms with van der Waals surface area (Å²) in [6.07, 6.45) is 0.883. The van der Waals surface area contributed by atoms with Crippen LogP contribution in [0.4, 0.5) is 4.39 Å². The summed E-state index contributed by atoms with van der Waals surface area (Å²) >= 11 is 5.67. The van der Waals surface area contributed by atoms with E-state index >= 15 is 0 Å². The highest BCUT2D eigenvalue weighted by atomic mass is 35.5. The molecule has 1 aromatic carbocycles. The molecule has 6 heteroatoms. The molecule has 1 aliphatic heterocycles. The molecule has 1 aromatic rings. The predicted molar refractivity (Wildman–Crippen MR) is 72.0 cm³/mol. The summed E-state index contributed by atoms with van der Waals surface area (Å²) in [6.45, 7) is 2.89. The van der Waals surface area contributed by atoms with Crippen molar-refractivity contribution in [2.75, 3.05) is 26.2 Å². The molecule has 0 aliphatic carbocycles. The fourth-order valence-electron chi connectivity index (χ4n) is 1.89. The van der Waals surface area contributed by atoms with Crippen molar-refractivity contribution in [1.29, 1.82) is 0 Å². The number of halogens is 3. The Labute approximate surface area is 117 Å². The second kappa shape index (κ2) is 6.92. The number of carbonyl (C=O) groups excluding carboxylic acids is 1. The number of hydrogen-bond acceptors (Lipinski definition) is 2. The largest absolute Gasteiger partial charge is 0.337 e. The van der Waals surface area contributed by atoms with E-state index in [1.54, 1.807) is 11.0 Å². The van der Waals surface area contributed by atoms with Gasteiger partial charge in [-0.1, -0.05) is 17.7 Å². The number of nitrogens with zero attached hydrogens (tertiary/aromatic N) is 1. The lowest BCUT2D eigenvalue weighted by Gasteiger charge is -2.20. The molecule has 1 aliphatic rings. The predicted octanol–water partition coefficient (Wildman–Crippen LogP) is 2.34. The normalized spacial score (nSPS) is 15.8. The zero-order chi connectivity index (χ0) is 12.3. The standard InChI is InChI=1S/C12H14ClFN2O.ClH/c13-10-4-1-3-9(11(10)14)12(17)16-7-2-5-15-6-8-16;/h1,3-4,15H,2,5-8H2;1H. The lowest BCUT2D eigenvalue weighted by Crippen LogP contribution is -2.34. The Morgan fingerprint density at radius 3 is 2.89 bits per heavy atom. The Bertz CT molecular complexity index is 421. The van der Waals surface area contributed by atoms with Gasteiger partial charge in [-0.25, -0.2) is 4.39 Å². The van der Waals surface area contributed by atoms with E-state index < -0.39 is 5.82 Å². The number of rotatable bonds is 1. The Balaban J connectivity index is 0.00000162. The molecule has 18 heavy (non-hydrogen) atoms. The molecule has 0 saturated carbocycles. The van der Waals surface area contributed by atoms with Crippen molar-refractivity contribution in [2.45, 2.75) is 6.42 Å². The molecule has 2 rings (SSSR count). The van der Waals surface area contributed by atoms with Crippen LogP contribution in [0.1, 0.15) is 16.8 Å². The maximum absolute atomic E-state index is 13.7. The summed E-state index contributed by atoms with van der Waals surface area (Å²) in [4.78, 5) is 13.8. The van der Waals surface area contributed by atoms with Crippen LogP contribution in [0.5, 0.6) is 0 Å². The minimum atomic E-state index is -0.628. The number of amides is 1. The minimum Gasteiger partial charge on any atom is -0.337 e. The summed E-state index contributed by atoms with van der Waals surface area (Å²) in [5.41, 5.74) is 0.0550. The van der Waals surface area contributed by atoms with Gasteiger partial charge in [-0.05, 0) is 25.1 Å². The number of benzene rings is 1. The van der Waals surface area contributed by atoms with Crippen molar-refractivity contribution in [3.63, 3.8) is 0 Å².